The van der Waals surface area contributed by atoms with Gasteiger partial charge in [-0.15, -0.1) is 0 Å². The minimum atomic E-state index is -2.70. The highest BCUT2D eigenvalue weighted by Crippen LogP contribution is 2.38. The molecule has 1 saturated carbocycles. The number of nitrogens with zero attached hydrogens (tertiary/aromatic N) is 3. The Hall–Kier alpha value is -2.77. The number of halogens is 2. The highest BCUT2D eigenvalue weighted by atomic mass is 19.3. The second kappa shape index (κ2) is 8.77. The third kappa shape index (κ3) is 5.48. The third-order valence-electron chi connectivity index (χ3n) is 5.47. The zero-order valence-electron chi connectivity index (χ0n) is 17.9. The number of hydrogen-bond donors (Lipinski definition) is 1. The summed E-state index contributed by atoms with van der Waals surface area (Å²) in [6, 6.07) is 8.58. The summed E-state index contributed by atoms with van der Waals surface area (Å²) in [6.07, 6.45) is 4.62. The summed E-state index contributed by atoms with van der Waals surface area (Å²) in [5.74, 6) is -1.96. The number of rotatable bonds is 9. The number of nitrogens with one attached hydrogen (secondary N) is 1. The van der Waals surface area contributed by atoms with E-state index in [0.29, 0.717) is 24.1 Å². The Balaban J connectivity index is 1.52. The lowest BCUT2D eigenvalue weighted by Gasteiger charge is -2.40. The van der Waals surface area contributed by atoms with Crippen molar-refractivity contribution >= 4 is 11.6 Å². The van der Waals surface area contributed by atoms with E-state index in [0.717, 1.165) is 25.0 Å². The van der Waals surface area contributed by atoms with Gasteiger partial charge in [0.2, 0.25) is 5.88 Å². The predicted molar refractivity (Wildman–Crippen MR) is 114 cm³/mol. The molecule has 3 heterocycles. The standard InChI is InChI=1S/C23H28F2N4O2/c1-15(2)11-19(17-5-3-4-10-26-17)27-21(30)18-8-9-20(29-13-23(24,25)14-29)22(28-18)31-12-16-6-7-16/h3-5,8-10,15-16,19H,6-7,11-14H2,1-2H3,(H,27,30). The average Bonchev–Trinajstić information content (AvgIpc) is 3.54. The Morgan fingerprint density at radius 1 is 1.26 bits per heavy atom. The average molecular weight is 430 g/mol. The number of pyridine rings is 2. The molecule has 1 N–H and O–H groups in total. The third-order valence-corrected chi connectivity index (χ3v) is 5.47. The highest BCUT2D eigenvalue weighted by Gasteiger charge is 2.45. The SMILES string of the molecule is CC(C)CC(NC(=O)c1ccc(N2CC(F)(F)C2)c(OCC2CC2)n1)c1ccccn1. The molecule has 2 fully saturated rings. The van der Waals surface area contributed by atoms with Crippen molar-refractivity contribution in [3.8, 4) is 5.88 Å². The van der Waals surface area contributed by atoms with Gasteiger partial charge < -0.3 is 15.0 Å². The molecule has 1 saturated heterocycles. The van der Waals surface area contributed by atoms with Crippen LogP contribution in [0.15, 0.2) is 36.5 Å². The van der Waals surface area contributed by atoms with Crippen LogP contribution >= 0.6 is 0 Å². The Morgan fingerprint density at radius 2 is 2.03 bits per heavy atom. The lowest BCUT2D eigenvalue weighted by Crippen LogP contribution is -2.56. The van der Waals surface area contributed by atoms with Crippen LogP contribution in [0.3, 0.4) is 0 Å². The first-order chi connectivity index (χ1) is 14.8. The van der Waals surface area contributed by atoms with Gasteiger partial charge in [0.1, 0.15) is 11.4 Å². The van der Waals surface area contributed by atoms with E-state index in [2.05, 4.69) is 29.1 Å². The number of anilines is 1. The van der Waals surface area contributed by atoms with Crippen LogP contribution in [0.1, 0.15) is 55.3 Å². The first-order valence-corrected chi connectivity index (χ1v) is 10.8. The zero-order chi connectivity index (χ0) is 22.0. The van der Waals surface area contributed by atoms with Crippen molar-refractivity contribution in [1.82, 2.24) is 15.3 Å². The fourth-order valence-corrected chi connectivity index (χ4v) is 3.61. The van der Waals surface area contributed by atoms with E-state index in [4.69, 9.17) is 4.74 Å². The summed E-state index contributed by atoms with van der Waals surface area (Å²) >= 11 is 0. The van der Waals surface area contributed by atoms with Crippen molar-refractivity contribution in [2.24, 2.45) is 11.8 Å². The highest BCUT2D eigenvalue weighted by molar-refractivity contribution is 5.93. The molecule has 2 aromatic rings. The van der Waals surface area contributed by atoms with Crippen LogP contribution in [0.4, 0.5) is 14.5 Å². The lowest BCUT2D eigenvalue weighted by atomic mass is 10.0. The number of aromatic nitrogens is 2. The van der Waals surface area contributed by atoms with Gasteiger partial charge in [-0.1, -0.05) is 19.9 Å². The molecular formula is C23H28F2N4O2. The van der Waals surface area contributed by atoms with E-state index in [1.807, 2.05) is 18.2 Å². The topological polar surface area (TPSA) is 67.4 Å². The Bertz CT molecular complexity index is 911. The summed E-state index contributed by atoms with van der Waals surface area (Å²) in [5, 5.41) is 3.02. The molecule has 0 bridgehead atoms. The quantitative estimate of drug-likeness (QED) is 0.645. The molecule has 4 rings (SSSR count). The van der Waals surface area contributed by atoms with E-state index in [1.165, 1.54) is 4.90 Å². The van der Waals surface area contributed by atoms with Crippen LogP contribution in [0.5, 0.6) is 5.88 Å². The van der Waals surface area contributed by atoms with Gasteiger partial charge in [0.25, 0.3) is 11.8 Å². The van der Waals surface area contributed by atoms with Crippen molar-refractivity contribution in [2.45, 2.75) is 45.1 Å². The molecule has 1 amide bonds. The van der Waals surface area contributed by atoms with E-state index in [9.17, 15) is 13.6 Å². The van der Waals surface area contributed by atoms with E-state index in [1.54, 1.807) is 18.3 Å². The molecule has 1 aliphatic carbocycles. The van der Waals surface area contributed by atoms with Gasteiger partial charge in [0.05, 0.1) is 31.4 Å². The van der Waals surface area contributed by atoms with Gasteiger partial charge in [-0.2, -0.15) is 0 Å². The summed E-state index contributed by atoms with van der Waals surface area (Å²) in [7, 11) is 0. The minimum Gasteiger partial charge on any atom is -0.476 e. The second-order valence-corrected chi connectivity index (χ2v) is 8.90. The van der Waals surface area contributed by atoms with Gasteiger partial charge in [-0.05, 0) is 55.4 Å². The number of carbonyl (C=O) groups excluding carboxylic acids is 1. The predicted octanol–water partition coefficient (Wildman–Crippen LogP) is 4.24. The van der Waals surface area contributed by atoms with Crippen LogP contribution in [0, 0.1) is 11.8 Å². The fourth-order valence-electron chi connectivity index (χ4n) is 3.61. The van der Waals surface area contributed by atoms with Gasteiger partial charge in [0, 0.05) is 6.20 Å². The maximum atomic E-state index is 13.4. The van der Waals surface area contributed by atoms with Crippen LogP contribution in [0.2, 0.25) is 0 Å². The van der Waals surface area contributed by atoms with Crippen molar-refractivity contribution in [1.29, 1.82) is 0 Å². The molecule has 0 aromatic carbocycles. The molecule has 2 aliphatic rings. The van der Waals surface area contributed by atoms with Gasteiger partial charge in [-0.3, -0.25) is 9.78 Å². The van der Waals surface area contributed by atoms with Crippen molar-refractivity contribution < 1.29 is 18.3 Å². The number of hydrogen-bond acceptors (Lipinski definition) is 5. The van der Waals surface area contributed by atoms with E-state index < -0.39 is 5.92 Å². The Kier molecular flexibility index (Phi) is 6.07. The number of carbonyl (C=O) groups is 1. The molecule has 2 aromatic heterocycles. The first-order valence-electron chi connectivity index (χ1n) is 10.8. The molecule has 1 atom stereocenters. The smallest absolute Gasteiger partial charge is 0.282 e. The summed E-state index contributed by atoms with van der Waals surface area (Å²) < 4.78 is 32.6. The molecule has 0 radical (unpaired) electrons. The lowest BCUT2D eigenvalue weighted by molar-refractivity contribution is -0.0265. The largest absolute Gasteiger partial charge is 0.476 e. The molecule has 1 aliphatic heterocycles. The number of amides is 1. The van der Waals surface area contributed by atoms with Gasteiger partial charge >= 0.3 is 0 Å². The first kappa shape index (κ1) is 21.5. The van der Waals surface area contributed by atoms with Crippen molar-refractivity contribution in [2.75, 3.05) is 24.6 Å². The second-order valence-electron chi connectivity index (χ2n) is 8.90. The summed E-state index contributed by atoms with van der Waals surface area (Å²) in [5.41, 5.74) is 1.49. The fraction of sp³-hybridized carbons (Fsp3) is 0.522. The molecular weight excluding hydrogens is 402 g/mol. The monoisotopic (exact) mass is 430 g/mol. The summed E-state index contributed by atoms with van der Waals surface area (Å²) in [6.45, 7) is 3.93. The van der Waals surface area contributed by atoms with Crippen LogP contribution in [0.25, 0.3) is 0 Å². The van der Waals surface area contributed by atoms with Crippen molar-refractivity contribution in [3.05, 3.63) is 47.9 Å². The normalized spacial score (nSPS) is 18.4. The van der Waals surface area contributed by atoms with Crippen LogP contribution in [-0.2, 0) is 0 Å². The number of alkyl halides is 2. The molecule has 1 unspecified atom stereocenters. The van der Waals surface area contributed by atoms with E-state index in [-0.39, 0.29) is 36.6 Å². The molecule has 166 valence electrons. The van der Waals surface area contributed by atoms with Gasteiger partial charge in [-0.25, -0.2) is 13.8 Å². The minimum absolute atomic E-state index is 0.200. The van der Waals surface area contributed by atoms with E-state index >= 15 is 0 Å². The maximum absolute atomic E-state index is 13.4. The molecule has 31 heavy (non-hydrogen) atoms. The molecule has 8 heteroatoms. The van der Waals surface area contributed by atoms with Crippen LogP contribution in [-0.4, -0.2) is 41.5 Å². The molecule has 6 nitrogen and oxygen atoms in total. The van der Waals surface area contributed by atoms with Crippen LogP contribution < -0.4 is 15.0 Å². The summed E-state index contributed by atoms with van der Waals surface area (Å²) in [4.78, 5) is 23.3. The Morgan fingerprint density at radius 3 is 2.65 bits per heavy atom. The molecule has 0 spiro atoms. The zero-order valence-corrected chi connectivity index (χ0v) is 17.9. The van der Waals surface area contributed by atoms with Gasteiger partial charge in [0.15, 0.2) is 0 Å². The van der Waals surface area contributed by atoms with Crippen molar-refractivity contribution in [3.63, 3.8) is 0 Å². The number of ether oxygens (including phenoxy) is 1. The Labute approximate surface area is 181 Å². The maximum Gasteiger partial charge on any atom is 0.282 e.